The number of hydrogen-bond donors (Lipinski definition) is 1. The van der Waals surface area contributed by atoms with Gasteiger partial charge in [-0.2, -0.15) is 0 Å². The lowest BCUT2D eigenvalue weighted by Gasteiger charge is -2.34. The molecule has 0 saturated heterocycles. The minimum atomic E-state index is -0.0845. The molecule has 14 heavy (non-hydrogen) atoms. The first-order valence-corrected chi connectivity index (χ1v) is 5.24. The highest BCUT2D eigenvalue weighted by Crippen LogP contribution is 2.38. The zero-order valence-electron chi connectivity index (χ0n) is 8.46. The fourth-order valence-corrected chi connectivity index (χ4v) is 2.15. The summed E-state index contributed by atoms with van der Waals surface area (Å²) < 4.78 is 13.5. The fourth-order valence-electron chi connectivity index (χ4n) is 2.15. The van der Waals surface area contributed by atoms with Gasteiger partial charge in [-0.25, -0.2) is 4.39 Å². The maximum Gasteiger partial charge on any atom is 0.127 e. The Morgan fingerprint density at radius 1 is 1.36 bits per heavy atom. The minimum Gasteiger partial charge on any atom is -0.313 e. The Morgan fingerprint density at radius 3 is 2.57 bits per heavy atom. The van der Waals surface area contributed by atoms with E-state index < -0.39 is 0 Å². The molecule has 1 aliphatic carbocycles. The lowest BCUT2D eigenvalue weighted by molar-refractivity contribution is 0.235. The van der Waals surface area contributed by atoms with Gasteiger partial charge in [0.25, 0.3) is 0 Å². The van der Waals surface area contributed by atoms with Crippen LogP contribution in [0.15, 0.2) is 24.3 Å². The standard InChI is InChI=1S/C12H16FN/c1-14-12(9-5-4-6-9)10-7-2-3-8-11(10)13/h2-3,7-9,12,14H,4-6H2,1H3. The molecule has 1 aromatic rings. The molecule has 76 valence electrons. The summed E-state index contributed by atoms with van der Waals surface area (Å²) in [5.74, 6) is 0.538. The molecule has 2 rings (SSSR count). The summed E-state index contributed by atoms with van der Waals surface area (Å²) in [6.07, 6.45) is 3.73. The second kappa shape index (κ2) is 4.09. The van der Waals surface area contributed by atoms with E-state index in [4.69, 9.17) is 0 Å². The van der Waals surface area contributed by atoms with Crippen molar-refractivity contribution in [2.75, 3.05) is 7.05 Å². The van der Waals surface area contributed by atoms with E-state index >= 15 is 0 Å². The van der Waals surface area contributed by atoms with Crippen molar-refractivity contribution in [2.24, 2.45) is 5.92 Å². The van der Waals surface area contributed by atoms with E-state index in [2.05, 4.69) is 5.32 Å². The van der Waals surface area contributed by atoms with Crippen LogP contribution in [0, 0.1) is 11.7 Å². The summed E-state index contributed by atoms with van der Waals surface area (Å²) in [5, 5.41) is 3.22. The van der Waals surface area contributed by atoms with E-state index in [0.29, 0.717) is 5.92 Å². The van der Waals surface area contributed by atoms with Gasteiger partial charge >= 0.3 is 0 Å². The highest BCUT2D eigenvalue weighted by atomic mass is 19.1. The smallest absolute Gasteiger partial charge is 0.127 e. The molecular formula is C12H16FN. The molecule has 1 atom stereocenters. The molecule has 0 heterocycles. The van der Waals surface area contributed by atoms with Gasteiger partial charge in [-0.3, -0.25) is 0 Å². The normalized spacial score (nSPS) is 19.0. The summed E-state index contributed by atoms with van der Waals surface area (Å²) in [7, 11) is 1.91. The molecule has 1 fully saturated rings. The largest absolute Gasteiger partial charge is 0.313 e. The molecule has 1 nitrogen and oxygen atoms in total. The summed E-state index contributed by atoms with van der Waals surface area (Å²) in [5.41, 5.74) is 0.819. The SMILES string of the molecule is CNC(c1ccccc1F)C1CCC1. The zero-order valence-corrected chi connectivity index (χ0v) is 8.46. The van der Waals surface area contributed by atoms with Gasteiger partial charge in [-0.05, 0) is 31.9 Å². The summed E-state index contributed by atoms with van der Waals surface area (Å²) in [6.45, 7) is 0. The van der Waals surface area contributed by atoms with Crippen molar-refractivity contribution in [3.05, 3.63) is 35.6 Å². The van der Waals surface area contributed by atoms with E-state index in [1.807, 2.05) is 19.2 Å². The molecule has 0 aliphatic heterocycles. The van der Waals surface area contributed by atoms with Gasteiger partial charge in [0.1, 0.15) is 5.82 Å². The summed E-state index contributed by atoms with van der Waals surface area (Å²) >= 11 is 0. The van der Waals surface area contributed by atoms with Crippen molar-refractivity contribution in [1.82, 2.24) is 5.32 Å². The molecule has 1 aliphatic rings. The van der Waals surface area contributed by atoms with Crippen molar-refractivity contribution in [3.8, 4) is 0 Å². The zero-order chi connectivity index (χ0) is 9.97. The predicted octanol–water partition coefficient (Wildman–Crippen LogP) is 2.89. The van der Waals surface area contributed by atoms with Crippen LogP contribution in [0.4, 0.5) is 4.39 Å². The van der Waals surface area contributed by atoms with Crippen molar-refractivity contribution >= 4 is 0 Å². The first kappa shape index (κ1) is 9.66. The first-order valence-electron chi connectivity index (χ1n) is 5.24. The molecule has 1 saturated carbocycles. The van der Waals surface area contributed by atoms with E-state index in [1.165, 1.54) is 19.3 Å². The average molecular weight is 193 g/mol. The van der Waals surface area contributed by atoms with Crippen LogP contribution in [0.3, 0.4) is 0 Å². The molecule has 1 unspecified atom stereocenters. The molecular weight excluding hydrogens is 177 g/mol. The lowest BCUT2D eigenvalue weighted by Crippen LogP contribution is -2.30. The van der Waals surface area contributed by atoms with Crippen molar-refractivity contribution in [1.29, 1.82) is 0 Å². The van der Waals surface area contributed by atoms with Gasteiger partial charge in [0.15, 0.2) is 0 Å². The number of benzene rings is 1. The third-order valence-corrected chi connectivity index (χ3v) is 3.17. The molecule has 0 spiro atoms. The highest BCUT2D eigenvalue weighted by molar-refractivity contribution is 5.22. The minimum absolute atomic E-state index is 0.0845. The topological polar surface area (TPSA) is 12.0 Å². The van der Waals surface area contributed by atoms with Gasteiger partial charge in [0.05, 0.1) is 0 Å². The van der Waals surface area contributed by atoms with Crippen LogP contribution in [0.25, 0.3) is 0 Å². The van der Waals surface area contributed by atoms with Crippen LogP contribution < -0.4 is 5.32 Å². The van der Waals surface area contributed by atoms with Crippen LogP contribution in [0.2, 0.25) is 0 Å². The molecule has 1 N–H and O–H groups in total. The maximum atomic E-state index is 13.5. The molecule has 1 aromatic carbocycles. The van der Waals surface area contributed by atoms with Gasteiger partial charge in [0.2, 0.25) is 0 Å². The van der Waals surface area contributed by atoms with E-state index in [-0.39, 0.29) is 11.9 Å². The first-order chi connectivity index (χ1) is 6.83. The molecule has 0 bridgehead atoms. The lowest BCUT2D eigenvalue weighted by atomic mass is 9.77. The second-order valence-corrected chi connectivity index (χ2v) is 3.98. The average Bonchev–Trinajstić information content (AvgIpc) is 2.12. The predicted molar refractivity (Wildman–Crippen MR) is 55.5 cm³/mol. The van der Waals surface area contributed by atoms with Crippen LogP contribution >= 0.6 is 0 Å². The number of halogens is 1. The summed E-state index contributed by atoms with van der Waals surface area (Å²) in [4.78, 5) is 0. The fraction of sp³-hybridized carbons (Fsp3) is 0.500. The van der Waals surface area contributed by atoms with Crippen LogP contribution in [0.5, 0.6) is 0 Å². The van der Waals surface area contributed by atoms with E-state index in [0.717, 1.165) is 5.56 Å². The van der Waals surface area contributed by atoms with Gasteiger partial charge in [-0.1, -0.05) is 24.6 Å². The molecule has 0 radical (unpaired) electrons. The highest BCUT2D eigenvalue weighted by Gasteiger charge is 2.28. The second-order valence-electron chi connectivity index (χ2n) is 3.98. The third-order valence-electron chi connectivity index (χ3n) is 3.17. The van der Waals surface area contributed by atoms with E-state index in [1.54, 1.807) is 12.1 Å². The molecule has 0 aromatic heterocycles. The molecule has 0 amide bonds. The Bertz CT molecular complexity index is 307. The number of hydrogen-bond acceptors (Lipinski definition) is 1. The maximum absolute atomic E-state index is 13.5. The van der Waals surface area contributed by atoms with Crippen LogP contribution in [-0.4, -0.2) is 7.05 Å². The number of rotatable bonds is 3. The quantitative estimate of drug-likeness (QED) is 0.778. The van der Waals surface area contributed by atoms with Crippen LogP contribution in [-0.2, 0) is 0 Å². The van der Waals surface area contributed by atoms with Gasteiger partial charge in [0, 0.05) is 11.6 Å². The van der Waals surface area contributed by atoms with Gasteiger partial charge in [-0.15, -0.1) is 0 Å². The number of nitrogens with one attached hydrogen (secondary N) is 1. The van der Waals surface area contributed by atoms with Gasteiger partial charge < -0.3 is 5.32 Å². The monoisotopic (exact) mass is 193 g/mol. The van der Waals surface area contributed by atoms with Crippen molar-refractivity contribution < 1.29 is 4.39 Å². The Kier molecular flexibility index (Phi) is 2.82. The van der Waals surface area contributed by atoms with Crippen molar-refractivity contribution in [2.45, 2.75) is 25.3 Å². The van der Waals surface area contributed by atoms with Crippen molar-refractivity contribution in [3.63, 3.8) is 0 Å². The third kappa shape index (κ3) is 1.67. The Balaban J connectivity index is 2.22. The van der Waals surface area contributed by atoms with E-state index in [9.17, 15) is 4.39 Å². The Hall–Kier alpha value is -0.890. The Morgan fingerprint density at radius 2 is 2.07 bits per heavy atom. The molecule has 2 heteroatoms. The van der Waals surface area contributed by atoms with Crippen LogP contribution in [0.1, 0.15) is 30.9 Å². The summed E-state index contributed by atoms with van der Waals surface area (Å²) in [6, 6.07) is 7.27. The Labute approximate surface area is 84.3 Å².